The van der Waals surface area contributed by atoms with E-state index in [1.165, 1.54) is 21.0 Å². The molecular formula is C18H26O11Se. The number of ether oxygens (including phenoxy) is 6. The molecule has 0 unspecified atom stereocenters. The van der Waals surface area contributed by atoms with Crippen molar-refractivity contribution >= 4 is 44.8 Å². The molecule has 0 radical (unpaired) electrons. The molecule has 0 N–H and O–H groups in total. The first-order chi connectivity index (χ1) is 14.0. The fourth-order valence-electron chi connectivity index (χ4n) is 2.68. The molecule has 0 amide bonds. The third kappa shape index (κ3) is 8.68. The van der Waals surface area contributed by atoms with E-state index in [-0.39, 0.29) is 13.0 Å². The van der Waals surface area contributed by atoms with Crippen LogP contribution in [0.4, 0.5) is 0 Å². The Morgan fingerprint density at radius 3 is 1.83 bits per heavy atom. The summed E-state index contributed by atoms with van der Waals surface area (Å²) in [5.74, 6) is -3.04. The third-order valence-electron chi connectivity index (χ3n) is 3.76. The van der Waals surface area contributed by atoms with Crippen LogP contribution in [0.1, 0.15) is 34.1 Å². The van der Waals surface area contributed by atoms with E-state index in [2.05, 4.69) is 4.74 Å². The fraction of sp³-hybridized carbons (Fsp3) is 0.722. The maximum atomic E-state index is 11.7. The normalized spacial score (nSPS) is 25.6. The van der Waals surface area contributed by atoms with E-state index in [0.29, 0.717) is 5.32 Å². The molecule has 0 aromatic rings. The van der Waals surface area contributed by atoms with Crippen LogP contribution >= 0.6 is 0 Å². The molecule has 5 atom stereocenters. The molecule has 0 aromatic carbocycles. The summed E-state index contributed by atoms with van der Waals surface area (Å²) in [6, 6.07) is 0. The van der Waals surface area contributed by atoms with Gasteiger partial charge in [-0.15, -0.1) is 0 Å². The van der Waals surface area contributed by atoms with Crippen LogP contribution in [0, 0.1) is 0 Å². The van der Waals surface area contributed by atoms with Gasteiger partial charge in [0.15, 0.2) is 0 Å². The molecule has 0 bridgehead atoms. The zero-order valence-electron chi connectivity index (χ0n) is 17.4. The van der Waals surface area contributed by atoms with E-state index in [1.54, 1.807) is 0 Å². The Bertz CT molecular complexity index is 650. The second-order valence-corrected chi connectivity index (χ2v) is 8.80. The number of hydrogen-bond acceptors (Lipinski definition) is 11. The van der Waals surface area contributed by atoms with Gasteiger partial charge in [0.05, 0.1) is 0 Å². The van der Waals surface area contributed by atoms with Crippen LogP contribution in [0.2, 0.25) is 5.32 Å². The van der Waals surface area contributed by atoms with Crippen molar-refractivity contribution in [2.45, 2.75) is 68.9 Å². The van der Waals surface area contributed by atoms with Gasteiger partial charge in [-0.25, -0.2) is 0 Å². The number of hydrogen-bond donors (Lipinski definition) is 0. The first-order valence-corrected chi connectivity index (χ1v) is 11.2. The predicted octanol–water partition coefficient (Wildman–Crippen LogP) is -0.245. The Hall–Kier alpha value is -2.17. The zero-order valence-corrected chi connectivity index (χ0v) is 19.1. The molecule has 1 heterocycles. The molecule has 30 heavy (non-hydrogen) atoms. The van der Waals surface area contributed by atoms with E-state index in [1.807, 2.05) is 0 Å². The average molecular weight is 497 g/mol. The molecule has 1 aliphatic rings. The average Bonchev–Trinajstić information content (AvgIpc) is 2.63. The van der Waals surface area contributed by atoms with Gasteiger partial charge in [-0.3, -0.25) is 0 Å². The molecule has 0 saturated carbocycles. The van der Waals surface area contributed by atoms with E-state index in [4.69, 9.17) is 23.7 Å². The minimum absolute atomic E-state index is 0.114. The van der Waals surface area contributed by atoms with E-state index < -0.39 is 74.2 Å². The molecule has 0 aromatic heterocycles. The number of rotatable bonds is 9. The molecule has 11 nitrogen and oxygen atoms in total. The van der Waals surface area contributed by atoms with Crippen LogP contribution in [0.15, 0.2) is 0 Å². The Balaban J connectivity index is 3.20. The monoisotopic (exact) mass is 498 g/mol. The topological polar surface area (TPSA) is 141 Å². The van der Waals surface area contributed by atoms with Gasteiger partial charge in [0.1, 0.15) is 0 Å². The standard InChI is InChI=1S/C18H26O11Se/c1-9(19)25-8-13-15(26-10(2)20)16(27-11(3)21)17(28-12(4)22)18(29-13)30-7-6-14(23)24-5/h13,15-18H,6-8H2,1-5H3/t13-,15-,16+,17-,18+/m1/s1. The van der Waals surface area contributed by atoms with Gasteiger partial charge in [0.2, 0.25) is 0 Å². The minimum atomic E-state index is -1.19. The summed E-state index contributed by atoms with van der Waals surface area (Å²) < 4.78 is 31.5. The molecule has 1 rings (SSSR count). The van der Waals surface area contributed by atoms with E-state index in [0.717, 1.165) is 13.8 Å². The maximum absolute atomic E-state index is 11.7. The van der Waals surface area contributed by atoms with Gasteiger partial charge in [-0.2, -0.15) is 0 Å². The summed E-state index contributed by atoms with van der Waals surface area (Å²) in [6.45, 7) is 4.41. The molecule has 1 saturated heterocycles. The molecular weight excluding hydrogens is 471 g/mol. The van der Waals surface area contributed by atoms with E-state index in [9.17, 15) is 24.0 Å². The van der Waals surface area contributed by atoms with Crippen molar-refractivity contribution in [1.29, 1.82) is 0 Å². The first-order valence-electron chi connectivity index (χ1n) is 9.04. The predicted molar refractivity (Wildman–Crippen MR) is 99.2 cm³/mol. The molecule has 0 spiro atoms. The summed E-state index contributed by atoms with van der Waals surface area (Å²) in [5.41, 5.74) is 0. The molecule has 170 valence electrons. The Morgan fingerprint density at radius 1 is 0.800 bits per heavy atom. The van der Waals surface area contributed by atoms with Crippen LogP contribution < -0.4 is 0 Å². The number of esters is 5. The number of carbonyl (C=O) groups is 5. The third-order valence-corrected chi connectivity index (χ3v) is 6.17. The first kappa shape index (κ1) is 25.9. The van der Waals surface area contributed by atoms with Crippen molar-refractivity contribution < 1.29 is 52.4 Å². The molecule has 0 aliphatic carbocycles. The summed E-state index contributed by atoms with van der Waals surface area (Å²) in [5, 5.41) is -0.379. The SMILES string of the molecule is COC(=O)CC[Se][C@@H]1O[C@H](COC(C)=O)[C@@H](OC(C)=O)[C@H](OC(C)=O)[C@H]1OC(C)=O. The van der Waals surface area contributed by atoms with Crippen LogP contribution in [0.25, 0.3) is 0 Å². The summed E-state index contributed by atoms with van der Waals surface area (Å²) >= 11 is -0.428. The van der Waals surface area contributed by atoms with Crippen LogP contribution in [-0.2, 0) is 52.4 Å². The molecule has 1 aliphatic heterocycles. The van der Waals surface area contributed by atoms with Gasteiger partial charge in [0.25, 0.3) is 0 Å². The van der Waals surface area contributed by atoms with Crippen molar-refractivity contribution in [1.82, 2.24) is 0 Å². The Morgan fingerprint density at radius 2 is 1.33 bits per heavy atom. The van der Waals surface area contributed by atoms with Crippen LogP contribution in [0.3, 0.4) is 0 Å². The van der Waals surface area contributed by atoms with E-state index >= 15 is 0 Å². The van der Waals surface area contributed by atoms with Crippen LogP contribution in [0.5, 0.6) is 0 Å². The van der Waals surface area contributed by atoms with Gasteiger partial charge in [-0.1, -0.05) is 0 Å². The van der Waals surface area contributed by atoms with Crippen molar-refractivity contribution in [3.63, 3.8) is 0 Å². The molecule has 1 fully saturated rings. The summed E-state index contributed by atoms with van der Waals surface area (Å²) in [7, 11) is 1.27. The Labute approximate surface area is 180 Å². The Kier molecular flexibility index (Phi) is 10.8. The number of carbonyl (C=O) groups excluding carboxylic acids is 5. The van der Waals surface area contributed by atoms with Gasteiger partial charge >= 0.3 is 180 Å². The summed E-state index contributed by atoms with van der Waals surface area (Å²) in [6.07, 6.45) is -4.30. The van der Waals surface area contributed by atoms with Gasteiger partial charge < -0.3 is 0 Å². The number of methoxy groups -OCH3 is 1. The summed E-state index contributed by atoms with van der Waals surface area (Å²) in [4.78, 5) is 57.7. The van der Waals surface area contributed by atoms with Crippen molar-refractivity contribution in [3.8, 4) is 0 Å². The quantitative estimate of drug-likeness (QED) is 0.237. The second-order valence-electron chi connectivity index (χ2n) is 6.26. The fourth-order valence-corrected chi connectivity index (χ4v) is 5.07. The van der Waals surface area contributed by atoms with Crippen LogP contribution in [-0.4, -0.2) is 87.9 Å². The van der Waals surface area contributed by atoms with Crippen molar-refractivity contribution in [3.05, 3.63) is 0 Å². The molecule has 12 heteroatoms. The van der Waals surface area contributed by atoms with Gasteiger partial charge in [-0.05, 0) is 0 Å². The van der Waals surface area contributed by atoms with Crippen molar-refractivity contribution in [2.24, 2.45) is 0 Å². The van der Waals surface area contributed by atoms with Gasteiger partial charge in [0, 0.05) is 0 Å². The zero-order chi connectivity index (χ0) is 22.8. The second kappa shape index (κ2) is 12.5. The van der Waals surface area contributed by atoms with Crippen molar-refractivity contribution in [2.75, 3.05) is 13.7 Å².